The molecule has 1 atom stereocenters. The highest BCUT2D eigenvalue weighted by molar-refractivity contribution is 5.89. The SMILES string of the molecule is CCc1noc([C@H](C)N2CCN(c3ncnc4ccccc34)CC2)n1. The van der Waals surface area contributed by atoms with Gasteiger partial charge < -0.3 is 9.42 Å². The Morgan fingerprint density at radius 2 is 1.92 bits per heavy atom. The van der Waals surface area contributed by atoms with E-state index in [1.807, 2.05) is 25.1 Å². The van der Waals surface area contributed by atoms with Gasteiger partial charge in [-0.05, 0) is 19.1 Å². The van der Waals surface area contributed by atoms with Crippen LogP contribution in [0.2, 0.25) is 0 Å². The largest absolute Gasteiger partial charge is 0.353 e. The molecule has 1 aromatic carbocycles. The Hall–Kier alpha value is -2.54. The smallest absolute Gasteiger partial charge is 0.243 e. The predicted octanol–water partition coefficient (Wildman–Crippen LogP) is 2.46. The minimum atomic E-state index is 0.136. The normalized spacial score (nSPS) is 17.1. The molecule has 0 radical (unpaired) electrons. The highest BCUT2D eigenvalue weighted by atomic mass is 16.5. The zero-order valence-electron chi connectivity index (χ0n) is 14.6. The molecule has 0 unspecified atom stereocenters. The second-order valence-electron chi connectivity index (χ2n) is 6.32. The molecule has 1 fully saturated rings. The van der Waals surface area contributed by atoms with Gasteiger partial charge in [-0.25, -0.2) is 9.97 Å². The molecule has 3 heterocycles. The number of aryl methyl sites for hydroxylation is 1. The lowest BCUT2D eigenvalue weighted by atomic mass is 10.2. The number of rotatable bonds is 4. The average Bonchev–Trinajstić information content (AvgIpc) is 3.16. The summed E-state index contributed by atoms with van der Waals surface area (Å²) in [6.45, 7) is 7.86. The molecule has 7 heteroatoms. The third-order valence-electron chi connectivity index (χ3n) is 4.84. The van der Waals surface area contributed by atoms with Crippen molar-refractivity contribution in [3.63, 3.8) is 0 Å². The van der Waals surface area contributed by atoms with Crippen molar-refractivity contribution in [2.45, 2.75) is 26.3 Å². The van der Waals surface area contributed by atoms with Crippen molar-refractivity contribution in [3.8, 4) is 0 Å². The maximum atomic E-state index is 5.40. The molecule has 0 spiro atoms. The zero-order valence-corrected chi connectivity index (χ0v) is 14.6. The Labute approximate surface area is 146 Å². The molecule has 25 heavy (non-hydrogen) atoms. The first-order valence-electron chi connectivity index (χ1n) is 8.77. The van der Waals surface area contributed by atoms with Gasteiger partial charge in [0, 0.05) is 38.0 Å². The molecule has 1 aliphatic heterocycles. The number of piperazine rings is 1. The van der Waals surface area contributed by atoms with Crippen LogP contribution in [0.25, 0.3) is 10.9 Å². The van der Waals surface area contributed by atoms with E-state index >= 15 is 0 Å². The van der Waals surface area contributed by atoms with Crippen LogP contribution in [0, 0.1) is 0 Å². The molecule has 0 aliphatic carbocycles. The van der Waals surface area contributed by atoms with Gasteiger partial charge in [-0.15, -0.1) is 0 Å². The minimum Gasteiger partial charge on any atom is -0.353 e. The third kappa shape index (κ3) is 3.07. The van der Waals surface area contributed by atoms with E-state index in [0.717, 1.165) is 55.1 Å². The van der Waals surface area contributed by atoms with Gasteiger partial charge in [-0.2, -0.15) is 4.98 Å². The first kappa shape index (κ1) is 16.0. The Kier molecular flexibility index (Phi) is 4.31. The molecule has 3 aromatic rings. The van der Waals surface area contributed by atoms with Crippen molar-refractivity contribution in [2.24, 2.45) is 0 Å². The topological polar surface area (TPSA) is 71.2 Å². The fraction of sp³-hybridized carbons (Fsp3) is 0.444. The maximum Gasteiger partial charge on any atom is 0.243 e. The van der Waals surface area contributed by atoms with Crippen LogP contribution in [-0.4, -0.2) is 51.2 Å². The molecule has 2 aromatic heterocycles. The Morgan fingerprint density at radius 3 is 2.68 bits per heavy atom. The van der Waals surface area contributed by atoms with E-state index in [2.05, 4.69) is 42.9 Å². The number of benzene rings is 1. The molecule has 1 aliphatic rings. The second kappa shape index (κ2) is 6.76. The molecule has 0 saturated carbocycles. The van der Waals surface area contributed by atoms with E-state index in [1.165, 1.54) is 0 Å². The minimum absolute atomic E-state index is 0.136. The highest BCUT2D eigenvalue weighted by Gasteiger charge is 2.26. The summed E-state index contributed by atoms with van der Waals surface area (Å²) in [5.41, 5.74) is 0.987. The Balaban J connectivity index is 1.47. The summed E-state index contributed by atoms with van der Waals surface area (Å²) >= 11 is 0. The van der Waals surface area contributed by atoms with Crippen LogP contribution >= 0.6 is 0 Å². The highest BCUT2D eigenvalue weighted by Crippen LogP contribution is 2.26. The molecule has 1 saturated heterocycles. The van der Waals surface area contributed by atoms with E-state index in [0.29, 0.717) is 5.89 Å². The monoisotopic (exact) mass is 338 g/mol. The van der Waals surface area contributed by atoms with E-state index in [9.17, 15) is 0 Å². The lowest BCUT2D eigenvalue weighted by Crippen LogP contribution is -2.47. The quantitative estimate of drug-likeness (QED) is 0.723. The van der Waals surface area contributed by atoms with Crippen LogP contribution in [-0.2, 0) is 6.42 Å². The Bertz CT molecular complexity index is 850. The Morgan fingerprint density at radius 1 is 1.12 bits per heavy atom. The number of anilines is 1. The molecular weight excluding hydrogens is 316 g/mol. The summed E-state index contributed by atoms with van der Waals surface area (Å²) in [5.74, 6) is 2.50. The van der Waals surface area contributed by atoms with Crippen LogP contribution in [0.1, 0.15) is 31.6 Å². The fourth-order valence-corrected chi connectivity index (χ4v) is 3.30. The summed E-state index contributed by atoms with van der Waals surface area (Å²) in [6.07, 6.45) is 2.45. The van der Waals surface area contributed by atoms with E-state index < -0.39 is 0 Å². The van der Waals surface area contributed by atoms with Crippen LogP contribution < -0.4 is 4.90 Å². The second-order valence-corrected chi connectivity index (χ2v) is 6.32. The van der Waals surface area contributed by atoms with Gasteiger partial charge in [0.1, 0.15) is 12.1 Å². The standard InChI is InChI=1S/C18H22N6O/c1-3-16-21-18(25-22-16)13(2)23-8-10-24(11-9-23)17-14-6-4-5-7-15(14)19-12-20-17/h4-7,12-13H,3,8-11H2,1-2H3/t13-/m0/s1. The van der Waals surface area contributed by atoms with Crippen LogP contribution in [0.5, 0.6) is 0 Å². The number of hydrogen-bond acceptors (Lipinski definition) is 7. The van der Waals surface area contributed by atoms with Crippen molar-refractivity contribution in [1.29, 1.82) is 0 Å². The van der Waals surface area contributed by atoms with Gasteiger partial charge in [0.05, 0.1) is 11.6 Å². The van der Waals surface area contributed by atoms with E-state index in [-0.39, 0.29) is 6.04 Å². The summed E-state index contributed by atoms with van der Waals surface area (Å²) < 4.78 is 5.40. The molecule has 0 amide bonds. The first-order chi connectivity index (χ1) is 12.3. The zero-order chi connectivity index (χ0) is 17.2. The van der Waals surface area contributed by atoms with E-state index in [1.54, 1.807) is 6.33 Å². The number of para-hydroxylation sites is 1. The first-order valence-corrected chi connectivity index (χ1v) is 8.77. The van der Waals surface area contributed by atoms with Crippen molar-refractivity contribution in [2.75, 3.05) is 31.1 Å². The molecular formula is C18H22N6O. The van der Waals surface area contributed by atoms with Crippen molar-refractivity contribution >= 4 is 16.7 Å². The van der Waals surface area contributed by atoms with Gasteiger partial charge in [0.15, 0.2) is 5.82 Å². The van der Waals surface area contributed by atoms with Gasteiger partial charge in [-0.1, -0.05) is 24.2 Å². The van der Waals surface area contributed by atoms with Gasteiger partial charge in [0.25, 0.3) is 0 Å². The molecule has 130 valence electrons. The predicted molar refractivity (Wildman–Crippen MR) is 95.4 cm³/mol. The maximum absolute atomic E-state index is 5.40. The summed E-state index contributed by atoms with van der Waals surface area (Å²) in [4.78, 5) is 18.1. The van der Waals surface area contributed by atoms with Gasteiger partial charge >= 0.3 is 0 Å². The summed E-state index contributed by atoms with van der Waals surface area (Å²) in [6, 6.07) is 8.30. The number of nitrogens with zero attached hydrogens (tertiary/aromatic N) is 6. The average molecular weight is 338 g/mol. The molecule has 0 bridgehead atoms. The summed E-state index contributed by atoms with van der Waals surface area (Å²) in [5, 5.41) is 5.11. The van der Waals surface area contributed by atoms with Crippen LogP contribution in [0.15, 0.2) is 35.1 Å². The summed E-state index contributed by atoms with van der Waals surface area (Å²) in [7, 11) is 0. The van der Waals surface area contributed by atoms with E-state index in [4.69, 9.17) is 4.52 Å². The van der Waals surface area contributed by atoms with Crippen molar-refractivity contribution in [3.05, 3.63) is 42.3 Å². The lowest BCUT2D eigenvalue weighted by molar-refractivity contribution is 0.164. The van der Waals surface area contributed by atoms with Crippen LogP contribution in [0.3, 0.4) is 0 Å². The fourth-order valence-electron chi connectivity index (χ4n) is 3.30. The molecule has 4 rings (SSSR count). The number of aromatic nitrogens is 4. The van der Waals surface area contributed by atoms with Crippen molar-refractivity contribution in [1.82, 2.24) is 25.0 Å². The molecule has 7 nitrogen and oxygen atoms in total. The third-order valence-corrected chi connectivity index (χ3v) is 4.84. The molecule has 0 N–H and O–H groups in total. The van der Waals surface area contributed by atoms with Crippen LogP contribution in [0.4, 0.5) is 5.82 Å². The number of hydrogen-bond donors (Lipinski definition) is 0. The van der Waals surface area contributed by atoms with Gasteiger partial charge in [0.2, 0.25) is 5.89 Å². The van der Waals surface area contributed by atoms with Gasteiger partial charge in [-0.3, -0.25) is 4.90 Å². The number of fused-ring (bicyclic) bond motifs is 1. The lowest BCUT2D eigenvalue weighted by Gasteiger charge is -2.37. The van der Waals surface area contributed by atoms with Crippen molar-refractivity contribution < 1.29 is 4.52 Å².